The van der Waals surface area contributed by atoms with Gasteiger partial charge in [-0.2, -0.15) is 0 Å². The molecule has 0 spiro atoms. The van der Waals surface area contributed by atoms with Gasteiger partial charge in [0.25, 0.3) is 0 Å². The molecule has 1 aliphatic heterocycles. The van der Waals surface area contributed by atoms with Crippen LogP contribution in [0.4, 0.5) is 0 Å². The lowest BCUT2D eigenvalue weighted by atomic mass is 10.0. The van der Waals surface area contributed by atoms with E-state index in [1.165, 1.54) is 38.5 Å². The summed E-state index contributed by atoms with van der Waals surface area (Å²) < 4.78 is 0. The molecule has 3 nitrogen and oxygen atoms in total. The van der Waals surface area contributed by atoms with Crippen LogP contribution in [0.25, 0.3) is 0 Å². The molecule has 2 aliphatic rings. The Labute approximate surface area is 132 Å². The number of nitrogens with one attached hydrogen (secondary N) is 1. The van der Waals surface area contributed by atoms with Gasteiger partial charge in [0.2, 0.25) is 0 Å². The minimum absolute atomic E-state index is 0. The third kappa shape index (κ3) is 26.4. The van der Waals surface area contributed by atoms with E-state index in [-0.39, 0.29) is 2.85 Å². The van der Waals surface area contributed by atoms with E-state index in [1.807, 2.05) is 34.6 Å². The number of piperidine rings is 1. The van der Waals surface area contributed by atoms with Crippen LogP contribution in [-0.2, 0) is 0 Å². The third-order valence-corrected chi connectivity index (χ3v) is 2.88. The number of hydrogen-bond acceptors (Lipinski definition) is 3. The summed E-state index contributed by atoms with van der Waals surface area (Å²) in [5.41, 5.74) is 10.4. The topological polar surface area (TPSA) is 64.1 Å². The first kappa shape index (κ1) is 24.9. The van der Waals surface area contributed by atoms with E-state index in [4.69, 9.17) is 11.5 Å². The highest BCUT2D eigenvalue weighted by Gasteiger charge is 2.05. The zero-order valence-electron chi connectivity index (χ0n) is 15.0. The quantitative estimate of drug-likeness (QED) is 0.614. The maximum Gasteiger partial charge on any atom is 0.00629 e. The van der Waals surface area contributed by atoms with E-state index in [0.717, 1.165) is 32.5 Å². The van der Waals surface area contributed by atoms with Crippen LogP contribution in [0.15, 0.2) is 0 Å². The van der Waals surface area contributed by atoms with Crippen molar-refractivity contribution in [1.82, 2.24) is 5.32 Å². The van der Waals surface area contributed by atoms with Gasteiger partial charge in [0.15, 0.2) is 0 Å². The molecule has 0 aromatic rings. The lowest BCUT2D eigenvalue weighted by Crippen LogP contribution is -2.35. The number of rotatable bonds is 0. The smallest absolute Gasteiger partial charge is 0.00629 e. The van der Waals surface area contributed by atoms with Crippen molar-refractivity contribution in [2.24, 2.45) is 11.5 Å². The fraction of sp³-hybridized carbons (Fsp3) is 1.00. The first-order chi connectivity index (χ1) is 9.81. The van der Waals surface area contributed by atoms with Crippen LogP contribution in [0.5, 0.6) is 0 Å². The second-order valence-electron chi connectivity index (χ2n) is 4.62. The second kappa shape index (κ2) is 27.3. The van der Waals surface area contributed by atoms with Gasteiger partial charge >= 0.3 is 0 Å². The molecule has 5 N–H and O–H groups in total. The molecule has 20 heavy (non-hydrogen) atoms. The zero-order chi connectivity index (χ0) is 16.1. The summed E-state index contributed by atoms with van der Waals surface area (Å²) in [6.45, 7) is 12.9. The fourth-order valence-corrected chi connectivity index (χ4v) is 1.90. The second-order valence-corrected chi connectivity index (χ2v) is 4.62. The monoisotopic (exact) mass is 293 g/mol. The molecule has 1 saturated heterocycles. The fourth-order valence-electron chi connectivity index (χ4n) is 1.90. The molecule has 0 aromatic carbocycles. The normalized spacial score (nSPS) is 17.6. The summed E-state index contributed by atoms with van der Waals surface area (Å²) in [7, 11) is 0. The van der Waals surface area contributed by atoms with Crippen LogP contribution in [0.2, 0.25) is 0 Å². The van der Waals surface area contributed by atoms with E-state index in [2.05, 4.69) is 5.32 Å². The van der Waals surface area contributed by atoms with Crippen LogP contribution in [0, 0.1) is 0 Å². The van der Waals surface area contributed by atoms with E-state index in [0.29, 0.717) is 6.04 Å². The SMILES string of the molecule is C1CCCCC1.CC.CC.CCN.NC1CCNCC1.[HH].[HH]. The van der Waals surface area contributed by atoms with Crippen molar-refractivity contribution in [2.45, 2.75) is 92.0 Å². The number of nitrogens with two attached hydrogens (primary N) is 2. The average molecular weight is 294 g/mol. The molecular formula is C17H47N3. The zero-order valence-corrected chi connectivity index (χ0v) is 15.0. The molecule has 0 bridgehead atoms. The van der Waals surface area contributed by atoms with Gasteiger partial charge in [0.05, 0.1) is 0 Å². The molecule has 3 heteroatoms. The Bertz CT molecular complexity index is 118. The molecule has 1 aliphatic carbocycles. The maximum absolute atomic E-state index is 5.59. The summed E-state index contributed by atoms with van der Waals surface area (Å²) >= 11 is 0. The summed E-state index contributed by atoms with van der Waals surface area (Å²) in [5, 5.41) is 3.24. The van der Waals surface area contributed by atoms with Crippen LogP contribution in [0.3, 0.4) is 0 Å². The summed E-state index contributed by atoms with van der Waals surface area (Å²) in [4.78, 5) is 0. The van der Waals surface area contributed by atoms with Gasteiger partial charge in [-0.25, -0.2) is 0 Å². The molecule has 0 radical (unpaired) electrons. The van der Waals surface area contributed by atoms with Crippen LogP contribution in [0.1, 0.15) is 88.8 Å². The van der Waals surface area contributed by atoms with Gasteiger partial charge in [-0.3, -0.25) is 0 Å². The average Bonchev–Trinajstić information content (AvgIpc) is 2.55. The molecular weight excluding hydrogens is 246 g/mol. The molecule has 1 heterocycles. The van der Waals surface area contributed by atoms with E-state index in [1.54, 1.807) is 0 Å². The van der Waals surface area contributed by atoms with Crippen LogP contribution >= 0.6 is 0 Å². The Morgan fingerprint density at radius 1 is 0.850 bits per heavy atom. The van der Waals surface area contributed by atoms with Gasteiger partial charge in [-0.05, 0) is 32.5 Å². The van der Waals surface area contributed by atoms with E-state index < -0.39 is 0 Å². The Morgan fingerprint density at radius 3 is 1.25 bits per heavy atom. The Balaban J connectivity index is -0.0000000593. The molecule has 130 valence electrons. The van der Waals surface area contributed by atoms with Gasteiger partial charge < -0.3 is 16.8 Å². The first-order valence-corrected chi connectivity index (χ1v) is 8.97. The van der Waals surface area contributed by atoms with Crippen LogP contribution < -0.4 is 16.8 Å². The van der Waals surface area contributed by atoms with E-state index >= 15 is 0 Å². The molecule has 0 aromatic heterocycles. The highest BCUT2D eigenvalue weighted by Crippen LogP contribution is 2.15. The Kier molecular flexibility index (Phi) is 33.9. The third-order valence-electron chi connectivity index (χ3n) is 2.88. The van der Waals surface area contributed by atoms with Gasteiger partial charge in [-0.15, -0.1) is 0 Å². The van der Waals surface area contributed by atoms with Crippen molar-refractivity contribution in [3.8, 4) is 0 Å². The van der Waals surface area contributed by atoms with Crippen molar-refractivity contribution in [3.05, 3.63) is 0 Å². The largest absolute Gasteiger partial charge is 0.331 e. The minimum Gasteiger partial charge on any atom is -0.331 e. The molecule has 2 rings (SSSR count). The van der Waals surface area contributed by atoms with Crippen molar-refractivity contribution in [3.63, 3.8) is 0 Å². The molecule has 0 amide bonds. The maximum atomic E-state index is 5.59. The van der Waals surface area contributed by atoms with Crippen LogP contribution in [-0.4, -0.2) is 25.7 Å². The van der Waals surface area contributed by atoms with Crippen molar-refractivity contribution >= 4 is 0 Å². The molecule has 0 unspecified atom stereocenters. The van der Waals surface area contributed by atoms with Crippen molar-refractivity contribution in [1.29, 1.82) is 0 Å². The standard InChI is InChI=1S/C6H12.C5H12N2.C2H7N.2C2H6.2H2/c1-2-4-6-5-3-1;6-5-1-3-7-4-2-5;1-2-3;2*1-2;;/h1-6H2;5,7H,1-4,6H2;2-3H2,1H3;2*1-2H3;2*1H. The summed E-state index contributed by atoms with van der Waals surface area (Å²) in [5.74, 6) is 0. The van der Waals surface area contributed by atoms with Gasteiger partial charge in [0, 0.05) is 8.90 Å². The predicted octanol–water partition coefficient (Wildman–Crippen LogP) is 4.55. The minimum atomic E-state index is 0. The van der Waals surface area contributed by atoms with Gasteiger partial charge in [0.1, 0.15) is 0 Å². The lowest BCUT2D eigenvalue weighted by molar-refractivity contribution is 0.458. The molecule has 2 fully saturated rings. The predicted molar refractivity (Wildman–Crippen MR) is 99.4 cm³/mol. The van der Waals surface area contributed by atoms with Crippen molar-refractivity contribution < 1.29 is 2.85 Å². The summed E-state index contributed by atoms with van der Waals surface area (Å²) in [6, 6.07) is 0.473. The summed E-state index contributed by atoms with van der Waals surface area (Å²) in [6.07, 6.45) is 11.3. The highest BCUT2D eigenvalue weighted by atomic mass is 14.9. The lowest BCUT2D eigenvalue weighted by Gasteiger charge is -2.17. The van der Waals surface area contributed by atoms with Crippen molar-refractivity contribution in [2.75, 3.05) is 19.6 Å². The molecule has 1 saturated carbocycles. The Morgan fingerprint density at radius 2 is 1.10 bits per heavy atom. The van der Waals surface area contributed by atoms with E-state index in [9.17, 15) is 0 Å². The highest BCUT2D eigenvalue weighted by molar-refractivity contribution is 4.69. The number of hydrogen-bond donors (Lipinski definition) is 3. The Hall–Kier alpha value is -0.120. The molecule has 0 atom stereocenters. The first-order valence-electron chi connectivity index (χ1n) is 8.97. The van der Waals surface area contributed by atoms with Gasteiger partial charge in [-0.1, -0.05) is 73.1 Å².